The summed E-state index contributed by atoms with van der Waals surface area (Å²) in [6.07, 6.45) is -0.981. The molecule has 7 amide bonds. The molecule has 0 aromatic carbocycles. The van der Waals surface area contributed by atoms with Gasteiger partial charge in [-0.1, -0.05) is 5.16 Å². The lowest BCUT2D eigenvalue weighted by molar-refractivity contribution is -0.141. The number of carbonyl (C=O) groups is 5. The van der Waals surface area contributed by atoms with Gasteiger partial charge >= 0.3 is 28.4 Å². The van der Waals surface area contributed by atoms with Crippen LogP contribution in [0.2, 0.25) is 0 Å². The second-order valence-electron chi connectivity index (χ2n) is 8.70. The van der Waals surface area contributed by atoms with Crippen LogP contribution >= 0.6 is 11.3 Å². The molecule has 38 heavy (non-hydrogen) atoms. The summed E-state index contributed by atoms with van der Waals surface area (Å²) < 4.78 is 32.1. The van der Waals surface area contributed by atoms with Gasteiger partial charge in [-0.2, -0.15) is 8.42 Å². The molecule has 0 aliphatic carbocycles. The fourth-order valence-corrected chi connectivity index (χ4v) is 4.73. The number of rotatable bonds is 7. The van der Waals surface area contributed by atoms with Gasteiger partial charge in [0, 0.05) is 5.38 Å². The van der Waals surface area contributed by atoms with Gasteiger partial charge in [0.05, 0.1) is 19.6 Å². The van der Waals surface area contributed by atoms with Gasteiger partial charge in [0.1, 0.15) is 24.4 Å². The summed E-state index contributed by atoms with van der Waals surface area (Å²) in [7, 11) is -3.54. The Labute approximate surface area is 220 Å². The Hall–Kier alpha value is -4.20. The number of anilines is 1. The Morgan fingerprint density at radius 3 is 2.47 bits per heavy atom. The standard InChI is InChI=1S/C18H25N9O9S2/c1-18(2,3)36-16(31)22-26-5-6-27(17(26)32)38(33,34)24-15(30)25-7-9(13(25)29)20-12(28)11(23-35-4)10-8-37-14(19)21-10/h8-9H,5-7H2,1-4H3,(H2,19,21)(H,20,28)(H,22,31)(H,24,30)/t9-/m0/s1. The van der Waals surface area contributed by atoms with Crippen LogP contribution in [-0.4, -0.2) is 102 Å². The van der Waals surface area contributed by atoms with Crippen LogP contribution in [0.15, 0.2) is 10.5 Å². The van der Waals surface area contributed by atoms with Crippen LogP contribution in [0.4, 0.5) is 19.5 Å². The molecule has 20 heteroatoms. The molecule has 1 atom stereocenters. The maximum atomic E-state index is 12.6. The Kier molecular flexibility index (Phi) is 7.95. The monoisotopic (exact) mass is 575 g/mol. The highest BCUT2D eigenvalue weighted by molar-refractivity contribution is 7.88. The fourth-order valence-electron chi connectivity index (χ4n) is 3.11. The topological polar surface area (TPSA) is 235 Å². The molecule has 0 radical (unpaired) electrons. The first-order valence-electron chi connectivity index (χ1n) is 10.7. The number of urea groups is 2. The Morgan fingerprint density at radius 1 is 1.24 bits per heavy atom. The molecule has 2 aliphatic heterocycles. The highest BCUT2D eigenvalue weighted by Crippen LogP contribution is 2.16. The minimum atomic E-state index is -4.74. The first kappa shape index (κ1) is 28.4. The number of hydrogen-bond acceptors (Lipinski definition) is 13. The Morgan fingerprint density at radius 2 is 1.92 bits per heavy atom. The van der Waals surface area contributed by atoms with E-state index in [1.165, 1.54) is 12.5 Å². The van der Waals surface area contributed by atoms with Gasteiger partial charge in [-0.25, -0.2) is 38.8 Å². The van der Waals surface area contributed by atoms with E-state index in [9.17, 15) is 32.4 Å². The summed E-state index contributed by atoms with van der Waals surface area (Å²) in [6, 6.07) is -3.66. The molecule has 0 saturated carbocycles. The summed E-state index contributed by atoms with van der Waals surface area (Å²) >= 11 is 1.05. The second kappa shape index (κ2) is 10.7. The minimum Gasteiger partial charge on any atom is -0.443 e. The van der Waals surface area contributed by atoms with Gasteiger partial charge in [-0.15, -0.1) is 11.3 Å². The lowest BCUT2D eigenvalue weighted by Gasteiger charge is -2.36. The number of nitrogens with one attached hydrogen (secondary N) is 3. The van der Waals surface area contributed by atoms with Gasteiger partial charge in [0.2, 0.25) is 0 Å². The molecule has 0 spiro atoms. The molecule has 208 valence electrons. The molecule has 2 saturated heterocycles. The van der Waals surface area contributed by atoms with Crippen LogP contribution in [-0.2, 0) is 29.4 Å². The predicted octanol–water partition coefficient (Wildman–Crippen LogP) is -1.47. The Bertz CT molecular complexity index is 1290. The van der Waals surface area contributed by atoms with E-state index in [1.54, 1.807) is 25.5 Å². The molecule has 1 aromatic rings. The minimum absolute atomic E-state index is 0.102. The summed E-state index contributed by atoms with van der Waals surface area (Å²) in [6.45, 7) is 3.81. The number of imide groups is 1. The number of hydrazine groups is 1. The first-order chi connectivity index (χ1) is 17.6. The highest BCUT2D eigenvalue weighted by atomic mass is 32.2. The number of nitrogens with zero attached hydrogens (tertiary/aromatic N) is 5. The molecule has 2 fully saturated rings. The number of thiazole rings is 1. The lowest BCUT2D eigenvalue weighted by atomic mass is 10.1. The van der Waals surface area contributed by atoms with Crippen molar-refractivity contribution < 1.29 is 42.0 Å². The normalized spacial score (nSPS) is 18.2. The van der Waals surface area contributed by atoms with Crippen molar-refractivity contribution in [2.24, 2.45) is 5.16 Å². The van der Waals surface area contributed by atoms with Crippen LogP contribution in [0, 0.1) is 0 Å². The molecular weight excluding hydrogens is 550 g/mol. The number of amides is 7. The van der Waals surface area contributed by atoms with E-state index >= 15 is 0 Å². The van der Waals surface area contributed by atoms with Crippen molar-refractivity contribution in [2.45, 2.75) is 32.4 Å². The third-order valence-electron chi connectivity index (χ3n) is 4.74. The zero-order chi connectivity index (χ0) is 28.4. The van der Waals surface area contributed by atoms with Crippen molar-refractivity contribution in [3.05, 3.63) is 11.1 Å². The summed E-state index contributed by atoms with van der Waals surface area (Å²) in [5.74, 6) is -1.76. The summed E-state index contributed by atoms with van der Waals surface area (Å²) in [4.78, 5) is 70.8. The van der Waals surface area contributed by atoms with Crippen molar-refractivity contribution in [3.8, 4) is 0 Å². The molecular formula is C18H25N9O9S2. The van der Waals surface area contributed by atoms with Crippen molar-refractivity contribution in [3.63, 3.8) is 0 Å². The van der Waals surface area contributed by atoms with Crippen molar-refractivity contribution in [2.75, 3.05) is 32.5 Å². The van der Waals surface area contributed by atoms with E-state index in [0.717, 1.165) is 11.3 Å². The zero-order valence-corrected chi connectivity index (χ0v) is 22.2. The van der Waals surface area contributed by atoms with E-state index < -0.39 is 58.4 Å². The number of β-lactam (4-membered cyclic amide) rings is 1. The summed E-state index contributed by atoms with van der Waals surface area (Å²) in [5, 5.41) is 8.23. The van der Waals surface area contributed by atoms with Crippen molar-refractivity contribution in [1.29, 1.82) is 0 Å². The number of nitrogen functional groups attached to an aromatic ring is 1. The smallest absolute Gasteiger partial charge is 0.426 e. The molecule has 5 N–H and O–H groups in total. The van der Waals surface area contributed by atoms with Gasteiger partial charge < -0.3 is 20.6 Å². The highest BCUT2D eigenvalue weighted by Gasteiger charge is 2.46. The average molecular weight is 576 g/mol. The summed E-state index contributed by atoms with van der Waals surface area (Å²) in [5.41, 5.74) is 6.65. The maximum Gasteiger partial charge on any atom is 0.426 e. The second-order valence-corrected chi connectivity index (χ2v) is 11.2. The lowest BCUT2D eigenvalue weighted by Crippen LogP contribution is -2.68. The van der Waals surface area contributed by atoms with Crippen LogP contribution < -0.4 is 21.2 Å². The van der Waals surface area contributed by atoms with Crippen LogP contribution in [0.1, 0.15) is 26.5 Å². The molecule has 2 aliphatic rings. The van der Waals surface area contributed by atoms with Gasteiger partial charge in [-0.3, -0.25) is 14.5 Å². The molecule has 3 rings (SSSR count). The molecule has 0 bridgehead atoms. The van der Waals surface area contributed by atoms with Crippen LogP contribution in [0.3, 0.4) is 0 Å². The van der Waals surface area contributed by atoms with E-state index in [1.807, 2.05) is 0 Å². The van der Waals surface area contributed by atoms with E-state index in [2.05, 4.69) is 25.7 Å². The van der Waals surface area contributed by atoms with Gasteiger partial charge in [0.15, 0.2) is 10.8 Å². The molecule has 3 heterocycles. The number of likely N-dealkylation sites (tertiary alicyclic amines) is 1. The zero-order valence-electron chi connectivity index (χ0n) is 20.6. The van der Waals surface area contributed by atoms with Crippen molar-refractivity contribution >= 4 is 62.4 Å². The molecule has 0 unspecified atom stereocenters. The van der Waals surface area contributed by atoms with Gasteiger partial charge in [0.25, 0.3) is 11.8 Å². The third kappa shape index (κ3) is 6.37. The molecule has 1 aromatic heterocycles. The Balaban J connectivity index is 1.55. The number of carbonyl (C=O) groups excluding carboxylic acids is 5. The first-order valence-corrected chi connectivity index (χ1v) is 13.0. The average Bonchev–Trinajstić information content (AvgIpc) is 3.38. The number of oxime groups is 1. The number of ether oxygens (including phenoxy) is 1. The quantitative estimate of drug-likeness (QED) is 0.166. The number of hydrogen-bond donors (Lipinski definition) is 4. The molecule has 18 nitrogen and oxygen atoms in total. The van der Waals surface area contributed by atoms with E-state index in [-0.39, 0.29) is 29.6 Å². The maximum absolute atomic E-state index is 12.6. The van der Waals surface area contributed by atoms with Crippen LogP contribution in [0.25, 0.3) is 0 Å². The fraction of sp³-hybridized carbons (Fsp3) is 0.500. The van der Waals surface area contributed by atoms with Crippen LogP contribution in [0.5, 0.6) is 0 Å². The largest absolute Gasteiger partial charge is 0.443 e. The number of nitrogens with two attached hydrogens (primary N) is 1. The van der Waals surface area contributed by atoms with Gasteiger partial charge in [-0.05, 0) is 20.8 Å². The van der Waals surface area contributed by atoms with E-state index in [4.69, 9.17) is 10.5 Å². The third-order valence-corrected chi connectivity index (χ3v) is 6.77. The number of aromatic nitrogens is 1. The predicted molar refractivity (Wildman–Crippen MR) is 129 cm³/mol. The van der Waals surface area contributed by atoms with E-state index in [0.29, 0.717) is 14.2 Å². The van der Waals surface area contributed by atoms with Crippen molar-refractivity contribution in [1.82, 2.24) is 34.7 Å². The SMILES string of the molecule is CON=C(C(=O)N[C@H]1CN(C(=O)NS(=O)(=O)N2CCN(NC(=O)OC(C)(C)C)C2=O)C1=O)c1csc(N)n1.